The normalized spacial score (nSPS) is 16.3. The number of hydrogen-bond acceptors (Lipinski definition) is 6. The number of anilines is 1. The van der Waals surface area contributed by atoms with Gasteiger partial charge >= 0.3 is 0 Å². The molecule has 0 bridgehead atoms. The molecule has 0 radical (unpaired) electrons. The number of aryl methyl sites for hydroxylation is 6. The van der Waals surface area contributed by atoms with E-state index in [2.05, 4.69) is 150 Å². The van der Waals surface area contributed by atoms with Crippen molar-refractivity contribution in [3.8, 4) is 11.5 Å². The summed E-state index contributed by atoms with van der Waals surface area (Å²) in [6.07, 6.45) is 14.6. The first-order valence-electron chi connectivity index (χ1n) is 20.6. The second kappa shape index (κ2) is 17.7. The molecule has 0 saturated heterocycles. The van der Waals surface area contributed by atoms with Gasteiger partial charge in [-0.1, -0.05) is 99.2 Å². The Hall–Kier alpha value is -5.41. The third-order valence-corrected chi connectivity index (χ3v) is 13.4. The maximum Gasteiger partial charge on any atom is 0.294 e. The van der Waals surface area contributed by atoms with Crippen LogP contribution in [0.1, 0.15) is 71.9 Å². The minimum absolute atomic E-state index is 0.0666. The Labute approximate surface area is 359 Å². The van der Waals surface area contributed by atoms with E-state index in [4.69, 9.17) is 14.0 Å². The van der Waals surface area contributed by atoms with Gasteiger partial charge < -0.3 is 14.4 Å². The lowest BCUT2D eigenvalue weighted by Gasteiger charge is -2.30. The van der Waals surface area contributed by atoms with Crippen LogP contribution in [0.2, 0.25) is 0 Å². The van der Waals surface area contributed by atoms with Crippen molar-refractivity contribution in [3.63, 3.8) is 0 Å². The topological polar surface area (TPSA) is 76.1 Å². The molecule has 0 unspecified atom stereocenters. The molecule has 6 nitrogen and oxygen atoms in total. The van der Waals surface area contributed by atoms with Gasteiger partial charge in [-0.05, 0) is 158 Å². The zero-order valence-electron chi connectivity index (χ0n) is 35.9. The van der Waals surface area contributed by atoms with E-state index in [1.807, 2.05) is 18.3 Å². The summed E-state index contributed by atoms with van der Waals surface area (Å²) >= 11 is 1.94. The second-order valence-electron chi connectivity index (χ2n) is 16.8. The molecular formula is C52H55NO5S2. The maximum atomic E-state index is 10.5. The van der Waals surface area contributed by atoms with Crippen LogP contribution in [-0.4, -0.2) is 26.1 Å². The fraction of sp³-hybridized carbons (Fsp3) is 0.269. The van der Waals surface area contributed by atoms with Gasteiger partial charge in [0.1, 0.15) is 12.4 Å². The standard InChI is InChI=1S/C45H47NO2S.C7H8O3S/c1-8-36-38-21-29(2)32(5)24-42(38)49-43(36)26-34-25-33(27-45(6,7)28-34)13-11-18-44-46(39-22-30(3)31(4)23-41(39)48-44)19-20-47-40-17-12-15-35-14-9-10-16-37(35)40;1-6-2-4-7(5-3-6)11(8,9)10/h9-18,21-26H,8,19-20,27-28H2,1-7H3;2-5H,1H3,(H,8,9,10)/b13-11+,34-26?,44-18+;. The molecule has 1 N–H and O–H groups in total. The van der Waals surface area contributed by atoms with Crippen molar-refractivity contribution in [1.29, 1.82) is 0 Å². The van der Waals surface area contributed by atoms with E-state index in [0.29, 0.717) is 13.2 Å². The van der Waals surface area contributed by atoms with Crippen LogP contribution in [0.5, 0.6) is 11.5 Å². The number of thiophene rings is 1. The average Bonchev–Trinajstić information content (AvgIpc) is 3.69. The Morgan fingerprint density at radius 1 is 0.850 bits per heavy atom. The number of hydrogen-bond donors (Lipinski definition) is 1. The predicted octanol–water partition coefficient (Wildman–Crippen LogP) is 13.6. The van der Waals surface area contributed by atoms with E-state index in [1.165, 1.54) is 71.4 Å². The van der Waals surface area contributed by atoms with Crippen molar-refractivity contribution in [2.24, 2.45) is 5.41 Å². The summed E-state index contributed by atoms with van der Waals surface area (Å²) in [4.78, 5) is 3.59. The van der Waals surface area contributed by atoms with Gasteiger partial charge in [-0.3, -0.25) is 4.55 Å². The quantitative estimate of drug-likeness (QED) is 0.146. The van der Waals surface area contributed by atoms with E-state index >= 15 is 0 Å². The van der Waals surface area contributed by atoms with Crippen LogP contribution < -0.4 is 14.4 Å². The molecule has 310 valence electrons. The predicted molar refractivity (Wildman–Crippen MR) is 251 cm³/mol. The molecule has 2 heterocycles. The van der Waals surface area contributed by atoms with Gasteiger partial charge in [0.2, 0.25) is 5.88 Å². The number of nitrogens with zero attached hydrogens (tertiary/aromatic N) is 1. The maximum absolute atomic E-state index is 10.5. The summed E-state index contributed by atoms with van der Waals surface area (Å²) in [5, 5.41) is 3.74. The number of benzene rings is 5. The van der Waals surface area contributed by atoms with Crippen LogP contribution >= 0.6 is 11.3 Å². The first-order valence-corrected chi connectivity index (χ1v) is 22.9. The number of allylic oxidation sites excluding steroid dienone is 6. The Kier molecular flexibility index (Phi) is 12.6. The van der Waals surface area contributed by atoms with Crippen molar-refractivity contribution < 1.29 is 22.4 Å². The molecule has 0 atom stereocenters. The fourth-order valence-corrected chi connectivity index (χ4v) is 9.85. The highest BCUT2D eigenvalue weighted by Crippen LogP contribution is 2.43. The minimum Gasteiger partial charge on any atom is -0.491 e. The zero-order chi connectivity index (χ0) is 42.8. The molecule has 5 aromatic carbocycles. The van der Waals surface area contributed by atoms with Gasteiger partial charge in [0.15, 0.2) is 5.75 Å². The monoisotopic (exact) mass is 837 g/mol. The summed E-state index contributed by atoms with van der Waals surface area (Å²) in [7, 11) is -4.02. The molecule has 0 amide bonds. The fourth-order valence-electron chi connectivity index (χ4n) is 8.02. The van der Waals surface area contributed by atoms with E-state index in [0.717, 1.165) is 53.3 Å². The molecule has 6 aromatic rings. The molecule has 8 heteroatoms. The van der Waals surface area contributed by atoms with E-state index < -0.39 is 10.1 Å². The first-order chi connectivity index (χ1) is 28.6. The van der Waals surface area contributed by atoms with Gasteiger partial charge in [0, 0.05) is 15.0 Å². The summed E-state index contributed by atoms with van der Waals surface area (Å²) in [6, 6.07) is 29.7. The van der Waals surface area contributed by atoms with Crippen molar-refractivity contribution >= 4 is 54.1 Å². The van der Waals surface area contributed by atoms with Crippen molar-refractivity contribution in [2.45, 2.75) is 79.5 Å². The average molecular weight is 838 g/mol. The number of fused-ring (bicyclic) bond motifs is 3. The van der Waals surface area contributed by atoms with E-state index in [9.17, 15) is 8.42 Å². The van der Waals surface area contributed by atoms with Crippen molar-refractivity contribution in [2.75, 3.05) is 18.1 Å². The highest BCUT2D eigenvalue weighted by atomic mass is 32.2. The molecule has 0 fully saturated rings. The van der Waals surface area contributed by atoms with Crippen LogP contribution in [0.15, 0.2) is 137 Å². The molecule has 0 spiro atoms. The third-order valence-electron chi connectivity index (χ3n) is 11.4. The molecule has 1 aliphatic heterocycles. The molecule has 0 saturated carbocycles. The second-order valence-corrected chi connectivity index (χ2v) is 19.3. The van der Waals surface area contributed by atoms with Crippen LogP contribution in [0.4, 0.5) is 5.69 Å². The minimum atomic E-state index is -4.02. The summed E-state index contributed by atoms with van der Waals surface area (Å²) in [5.41, 5.74) is 11.7. The summed E-state index contributed by atoms with van der Waals surface area (Å²) in [6.45, 7) is 18.9. The van der Waals surface area contributed by atoms with Gasteiger partial charge in [-0.15, -0.1) is 11.3 Å². The zero-order valence-corrected chi connectivity index (χ0v) is 37.6. The van der Waals surface area contributed by atoms with Crippen LogP contribution in [0.25, 0.3) is 26.9 Å². The lowest BCUT2D eigenvalue weighted by atomic mass is 9.75. The number of rotatable bonds is 9. The van der Waals surface area contributed by atoms with Gasteiger partial charge in [0.25, 0.3) is 10.1 Å². The van der Waals surface area contributed by atoms with Crippen LogP contribution in [0.3, 0.4) is 0 Å². The third kappa shape index (κ3) is 9.79. The molecule has 8 rings (SSSR count). The summed E-state index contributed by atoms with van der Waals surface area (Å²) in [5.74, 6) is 2.64. The van der Waals surface area contributed by atoms with Gasteiger partial charge in [-0.2, -0.15) is 8.42 Å². The Morgan fingerprint density at radius 2 is 1.55 bits per heavy atom. The largest absolute Gasteiger partial charge is 0.491 e. The van der Waals surface area contributed by atoms with Crippen LogP contribution in [-0.2, 0) is 16.5 Å². The molecule has 1 aliphatic carbocycles. The van der Waals surface area contributed by atoms with E-state index in [-0.39, 0.29) is 10.3 Å². The highest BCUT2D eigenvalue weighted by molar-refractivity contribution is 7.85. The van der Waals surface area contributed by atoms with Gasteiger partial charge in [-0.25, -0.2) is 0 Å². The number of ether oxygens (including phenoxy) is 2. The van der Waals surface area contributed by atoms with Crippen LogP contribution in [0, 0.1) is 40.0 Å². The Balaban J connectivity index is 0.000000431. The summed E-state index contributed by atoms with van der Waals surface area (Å²) < 4.78 is 43.8. The van der Waals surface area contributed by atoms with Gasteiger partial charge in [0.05, 0.1) is 17.1 Å². The molecule has 60 heavy (non-hydrogen) atoms. The van der Waals surface area contributed by atoms with Crippen molar-refractivity contribution in [1.82, 2.24) is 0 Å². The molecule has 2 aliphatic rings. The van der Waals surface area contributed by atoms with Crippen molar-refractivity contribution in [3.05, 3.63) is 171 Å². The Bertz CT molecular complexity index is 2800. The first kappa shape index (κ1) is 42.7. The smallest absolute Gasteiger partial charge is 0.294 e. The van der Waals surface area contributed by atoms with E-state index in [1.54, 1.807) is 12.1 Å². The highest BCUT2D eigenvalue weighted by Gasteiger charge is 2.28. The lowest BCUT2D eigenvalue weighted by molar-refractivity contribution is 0.325. The molecular weight excluding hydrogens is 783 g/mol. The lowest BCUT2D eigenvalue weighted by Crippen LogP contribution is -2.26. The SMILES string of the molecule is CCc1c(C=C2C=C(/C=C/C=C3/Oc4cc(C)c(C)cc4N3CCOc3cccc4ccccc34)CC(C)(C)C2)sc2cc(C)c(C)cc12.Cc1ccc(S(=O)(=O)O)cc1. The molecule has 1 aromatic heterocycles. The Morgan fingerprint density at radius 3 is 2.30 bits per heavy atom.